The zero-order chi connectivity index (χ0) is 13.7. The summed E-state index contributed by atoms with van der Waals surface area (Å²) < 4.78 is 6.23. The summed E-state index contributed by atoms with van der Waals surface area (Å²) in [4.78, 5) is 13.5. The zero-order valence-corrected chi connectivity index (χ0v) is 12.4. The van der Waals surface area contributed by atoms with E-state index >= 15 is 0 Å². The van der Waals surface area contributed by atoms with Crippen LogP contribution < -0.4 is 5.32 Å². The fourth-order valence-electron chi connectivity index (χ4n) is 3.12. The number of likely N-dealkylation sites (N-methyl/N-ethyl adjacent to an activating group) is 1. The topological polar surface area (TPSA) is 41.6 Å². The van der Waals surface area contributed by atoms with Gasteiger partial charge in [-0.25, -0.2) is 0 Å². The van der Waals surface area contributed by atoms with Crippen molar-refractivity contribution in [1.82, 2.24) is 10.2 Å². The van der Waals surface area contributed by atoms with Crippen LogP contribution in [0.3, 0.4) is 0 Å². The van der Waals surface area contributed by atoms with E-state index in [1.54, 1.807) is 7.05 Å². The molecule has 0 aromatic heterocycles. The highest BCUT2D eigenvalue weighted by Gasteiger charge is 2.25. The van der Waals surface area contributed by atoms with E-state index in [-0.39, 0.29) is 5.91 Å². The average Bonchev–Trinajstić information content (AvgIpc) is 2.43. The standard InChI is InChI=1S/C15H28N2O2/c1-12-3-5-13(6-4-12)19-14-7-9-17(10-8-14)11-15(18)16-2/h12-14H,3-11H2,1-2H3,(H,16,18). The van der Waals surface area contributed by atoms with Gasteiger partial charge in [0.15, 0.2) is 0 Å². The Kier molecular flexibility index (Phi) is 5.64. The van der Waals surface area contributed by atoms with E-state index in [1.807, 2.05) is 0 Å². The first-order chi connectivity index (χ1) is 9.17. The third-order valence-electron chi connectivity index (χ3n) is 4.53. The van der Waals surface area contributed by atoms with Crippen molar-refractivity contribution in [2.24, 2.45) is 5.92 Å². The number of nitrogens with one attached hydrogen (secondary N) is 1. The number of carbonyl (C=O) groups excluding carboxylic acids is 1. The molecule has 1 N–H and O–H groups in total. The molecule has 0 spiro atoms. The van der Waals surface area contributed by atoms with Crippen molar-refractivity contribution in [3.8, 4) is 0 Å². The summed E-state index contributed by atoms with van der Waals surface area (Å²) in [7, 11) is 1.70. The summed E-state index contributed by atoms with van der Waals surface area (Å²) in [5.74, 6) is 0.995. The van der Waals surface area contributed by atoms with Gasteiger partial charge >= 0.3 is 0 Å². The molecular formula is C15H28N2O2. The number of hydrogen-bond acceptors (Lipinski definition) is 3. The van der Waals surface area contributed by atoms with Gasteiger partial charge in [0.05, 0.1) is 18.8 Å². The van der Waals surface area contributed by atoms with Crippen LogP contribution in [-0.2, 0) is 9.53 Å². The third kappa shape index (κ3) is 4.77. The van der Waals surface area contributed by atoms with E-state index in [0.717, 1.165) is 31.8 Å². The minimum Gasteiger partial charge on any atom is -0.375 e. The smallest absolute Gasteiger partial charge is 0.233 e. The quantitative estimate of drug-likeness (QED) is 0.845. The highest BCUT2D eigenvalue weighted by Crippen LogP contribution is 2.28. The molecule has 1 amide bonds. The van der Waals surface area contributed by atoms with Crippen LogP contribution in [-0.4, -0.2) is 49.7 Å². The van der Waals surface area contributed by atoms with Crippen molar-refractivity contribution in [2.75, 3.05) is 26.7 Å². The molecule has 1 saturated heterocycles. The lowest BCUT2D eigenvalue weighted by molar-refractivity contribution is -0.123. The van der Waals surface area contributed by atoms with Crippen molar-refractivity contribution in [3.05, 3.63) is 0 Å². The molecule has 1 aliphatic carbocycles. The van der Waals surface area contributed by atoms with E-state index in [0.29, 0.717) is 18.8 Å². The maximum Gasteiger partial charge on any atom is 0.233 e. The number of nitrogens with zero attached hydrogens (tertiary/aromatic N) is 1. The van der Waals surface area contributed by atoms with Gasteiger partial charge < -0.3 is 10.1 Å². The number of rotatable bonds is 4. The van der Waals surface area contributed by atoms with E-state index in [4.69, 9.17) is 4.74 Å². The second-order valence-electron chi connectivity index (χ2n) is 6.17. The predicted octanol–water partition coefficient (Wildman–Crippen LogP) is 1.79. The second-order valence-corrected chi connectivity index (χ2v) is 6.17. The van der Waals surface area contributed by atoms with Crippen molar-refractivity contribution in [2.45, 2.75) is 57.7 Å². The van der Waals surface area contributed by atoms with Gasteiger partial charge in [-0.1, -0.05) is 6.92 Å². The summed E-state index contributed by atoms with van der Waals surface area (Å²) in [5.41, 5.74) is 0. The van der Waals surface area contributed by atoms with Gasteiger partial charge in [0.2, 0.25) is 5.91 Å². The highest BCUT2D eigenvalue weighted by molar-refractivity contribution is 5.77. The first-order valence-corrected chi connectivity index (χ1v) is 7.75. The minimum atomic E-state index is 0.112. The average molecular weight is 268 g/mol. The molecule has 0 radical (unpaired) electrons. The van der Waals surface area contributed by atoms with Crippen LogP contribution in [0.1, 0.15) is 45.4 Å². The van der Waals surface area contributed by atoms with E-state index in [1.165, 1.54) is 25.7 Å². The molecule has 19 heavy (non-hydrogen) atoms. The Morgan fingerprint density at radius 2 is 1.68 bits per heavy atom. The fraction of sp³-hybridized carbons (Fsp3) is 0.933. The van der Waals surface area contributed by atoms with Gasteiger partial charge in [-0.15, -0.1) is 0 Å². The number of ether oxygens (including phenoxy) is 1. The van der Waals surface area contributed by atoms with E-state index in [2.05, 4.69) is 17.1 Å². The Labute approximate surface area is 116 Å². The summed E-state index contributed by atoms with van der Waals surface area (Å²) in [6.45, 7) is 4.85. The molecule has 1 saturated carbocycles. The first-order valence-electron chi connectivity index (χ1n) is 7.75. The van der Waals surface area contributed by atoms with Gasteiger partial charge in [0, 0.05) is 20.1 Å². The lowest BCUT2D eigenvalue weighted by Gasteiger charge is -2.35. The third-order valence-corrected chi connectivity index (χ3v) is 4.53. The molecule has 1 aliphatic heterocycles. The molecular weight excluding hydrogens is 240 g/mol. The molecule has 0 aromatic rings. The molecule has 0 bridgehead atoms. The van der Waals surface area contributed by atoms with Gasteiger partial charge in [0.25, 0.3) is 0 Å². The minimum absolute atomic E-state index is 0.112. The van der Waals surface area contributed by atoms with E-state index in [9.17, 15) is 4.79 Å². The monoisotopic (exact) mass is 268 g/mol. The van der Waals surface area contributed by atoms with Gasteiger partial charge in [-0.2, -0.15) is 0 Å². The summed E-state index contributed by atoms with van der Waals surface area (Å²) in [6.07, 6.45) is 8.16. The Morgan fingerprint density at radius 3 is 2.26 bits per heavy atom. The summed E-state index contributed by atoms with van der Waals surface area (Å²) in [6, 6.07) is 0. The SMILES string of the molecule is CNC(=O)CN1CCC(OC2CCC(C)CC2)CC1. The summed E-state index contributed by atoms with van der Waals surface area (Å²) >= 11 is 0. The maximum atomic E-state index is 11.3. The number of amides is 1. The molecule has 0 atom stereocenters. The van der Waals surface area contributed by atoms with Gasteiger partial charge in [-0.3, -0.25) is 9.69 Å². The molecule has 2 aliphatic rings. The fourth-order valence-corrected chi connectivity index (χ4v) is 3.12. The lowest BCUT2D eigenvalue weighted by atomic mass is 9.88. The van der Waals surface area contributed by atoms with E-state index < -0.39 is 0 Å². The van der Waals surface area contributed by atoms with Crippen LogP contribution in [0.4, 0.5) is 0 Å². The number of hydrogen-bond donors (Lipinski definition) is 1. The first kappa shape index (κ1) is 14.8. The lowest BCUT2D eigenvalue weighted by Crippen LogP contribution is -2.43. The Morgan fingerprint density at radius 1 is 1.11 bits per heavy atom. The number of piperidine rings is 1. The van der Waals surface area contributed by atoms with Crippen molar-refractivity contribution in [3.63, 3.8) is 0 Å². The van der Waals surface area contributed by atoms with Crippen molar-refractivity contribution in [1.29, 1.82) is 0 Å². The van der Waals surface area contributed by atoms with Crippen LogP contribution in [0, 0.1) is 5.92 Å². The van der Waals surface area contributed by atoms with Crippen LogP contribution >= 0.6 is 0 Å². The Balaban J connectivity index is 1.64. The van der Waals surface area contributed by atoms with Gasteiger partial charge in [0.1, 0.15) is 0 Å². The Bertz CT molecular complexity index is 280. The largest absolute Gasteiger partial charge is 0.375 e. The Hall–Kier alpha value is -0.610. The molecule has 110 valence electrons. The van der Waals surface area contributed by atoms with Crippen molar-refractivity contribution >= 4 is 5.91 Å². The number of carbonyl (C=O) groups is 1. The van der Waals surface area contributed by atoms with Crippen LogP contribution in [0.2, 0.25) is 0 Å². The number of likely N-dealkylation sites (tertiary alicyclic amines) is 1. The highest BCUT2D eigenvalue weighted by atomic mass is 16.5. The van der Waals surface area contributed by atoms with Crippen LogP contribution in [0.15, 0.2) is 0 Å². The molecule has 2 fully saturated rings. The molecule has 1 heterocycles. The molecule has 0 unspecified atom stereocenters. The predicted molar refractivity (Wildman–Crippen MR) is 76.0 cm³/mol. The van der Waals surface area contributed by atoms with Gasteiger partial charge in [-0.05, 0) is 44.4 Å². The van der Waals surface area contributed by atoms with Crippen LogP contribution in [0.5, 0.6) is 0 Å². The molecule has 0 aromatic carbocycles. The molecule has 2 rings (SSSR count). The second kappa shape index (κ2) is 7.25. The molecule has 4 heteroatoms. The molecule has 4 nitrogen and oxygen atoms in total. The normalized spacial score (nSPS) is 30.2. The zero-order valence-electron chi connectivity index (χ0n) is 12.4. The maximum absolute atomic E-state index is 11.3. The van der Waals surface area contributed by atoms with Crippen LogP contribution in [0.25, 0.3) is 0 Å². The summed E-state index contributed by atoms with van der Waals surface area (Å²) in [5, 5.41) is 2.68. The van der Waals surface area contributed by atoms with Crippen molar-refractivity contribution < 1.29 is 9.53 Å².